The lowest BCUT2D eigenvalue weighted by Crippen LogP contribution is -2.53. The number of likely N-dealkylation sites (tertiary alicyclic amines) is 2. The van der Waals surface area contributed by atoms with Crippen LogP contribution in [0.5, 0.6) is 0 Å². The molecule has 0 radical (unpaired) electrons. The molecule has 7 rings (SSSR count). The van der Waals surface area contributed by atoms with Gasteiger partial charge in [0.05, 0.1) is 37.5 Å². The highest BCUT2D eigenvalue weighted by molar-refractivity contribution is 6.31. The van der Waals surface area contributed by atoms with Crippen molar-refractivity contribution in [3.8, 4) is 11.1 Å². The van der Waals surface area contributed by atoms with Crippen LogP contribution in [-0.2, 0) is 19.1 Å². The van der Waals surface area contributed by atoms with Crippen LogP contribution in [0.15, 0.2) is 70.6 Å². The van der Waals surface area contributed by atoms with Crippen molar-refractivity contribution in [3.63, 3.8) is 0 Å². The number of pyridine rings is 1. The van der Waals surface area contributed by atoms with Crippen molar-refractivity contribution in [1.29, 1.82) is 0 Å². The lowest BCUT2D eigenvalue weighted by atomic mass is 9.94. The van der Waals surface area contributed by atoms with Gasteiger partial charge in [-0.2, -0.15) is 0 Å². The highest BCUT2D eigenvalue weighted by atomic mass is 35.5. The lowest BCUT2D eigenvalue weighted by molar-refractivity contribution is -0.135. The van der Waals surface area contributed by atoms with Gasteiger partial charge in [-0.1, -0.05) is 69.6 Å². The smallest absolute Gasteiger partial charge is 0.407 e. The highest BCUT2D eigenvalue weighted by Crippen LogP contribution is 2.37. The Bertz CT molecular complexity index is 2440. The summed E-state index contributed by atoms with van der Waals surface area (Å²) in [6, 6.07) is 16.2. The molecule has 0 spiro atoms. The summed E-state index contributed by atoms with van der Waals surface area (Å²) < 4.78 is 9.54. The number of amides is 4. The monoisotopic (exact) mass is 822 g/mol. The normalized spacial score (nSPS) is 18.9. The summed E-state index contributed by atoms with van der Waals surface area (Å²) in [7, 11) is 2.55. The average Bonchev–Trinajstić information content (AvgIpc) is 4.04. The third-order valence-corrected chi connectivity index (χ3v) is 12.2. The summed E-state index contributed by atoms with van der Waals surface area (Å²) in [5.41, 5.74) is 5.74. The van der Waals surface area contributed by atoms with Gasteiger partial charge in [-0.25, -0.2) is 9.59 Å². The SMILES string of the molecule is COC(=O)N[C@H](C(=O)N1CCCC1c1[nH]c2cc(-c3ccc4cc(C5=CN=C([C@@H]6CCCN6C(=O)[C@@H](NC(=O)OC)C(C)C)C5)ccc4c3)ccc2c(=O)c1Cl)C(C)C. The first-order valence-corrected chi connectivity index (χ1v) is 20.6. The van der Waals surface area contributed by atoms with Gasteiger partial charge in [-0.05, 0) is 94.8 Å². The van der Waals surface area contributed by atoms with Crippen molar-refractivity contribution in [3.05, 3.63) is 87.3 Å². The molecule has 13 nitrogen and oxygen atoms in total. The Morgan fingerprint density at radius 3 is 1.88 bits per heavy atom. The molecule has 3 aliphatic heterocycles. The topological polar surface area (TPSA) is 162 Å². The van der Waals surface area contributed by atoms with Gasteiger partial charge in [0.25, 0.3) is 0 Å². The maximum Gasteiger partial charge on any atom is 0.407 e. The summed E-state index contributed by atoms with van der Waals surface area (Å²) >= 11 is 6.74. The zero-order chi connectivity index (χ0) is 42.1. The van der Waals surface area contributed by atoms with E-state index in [0.29, 0.717) is 42.5 Å². The fourth-order valence-corrected chi connectivity index (χ4v) is 8.89. The maximum atomic E-state index is 13.8. The molecule has 14 heteroatoms. The minimum absolute atomic E-state index is 0.0511. The zero-order valence-electron chi connectivity index (χ0n) is 34.3. The number of rotatable bonds is 10. The van der Waals surface area contributed by atoms with Gasteiger partial charge >= 0.3 is 12.2 Å². The predicted molar refractivity (Wildman–Crippen MR) is 229 cm³/mol. The van der Waals surface area contributed by atoms with Crippen molar-refractivity contribution < 1.29 is 28.7 Å². The first-order chi connectivity index (χ1) is 28.3. The lowest BCUT2D eigenvalue weighted by Gasteiger charge is -2.31. The van der Waals surface area contributed by atoms with E-state index >= 15 is 0 Å². The van der Waals surface area contributed by atoms with Gasteiger partial charge in [0, 0.05) is 36.8 Å². The van der Waals surface area contributed by atoms with Crippen molar-refractivity contribution in [2.75, 3.05) is 27.3 Å². The van der Waals surface area contributed by atoms with Crippen molar-refractivity contribution in [2.45, 2.75) is 84.0 Å². The average molecular weight is 823 g/mol. The second-order valence-electron chi connectivity index (χ2n) is 16.3. The Kier molecular flexibility index (Phi) is 12.1. The number of methoxy groups -OCH3 is 2. The molecule has 3 aliphatic rings. The number of halogens is 1. The van der Waals surface area contributed by atoms with E-state index in [1.165, 1.54) is 14.2 Å². The zero-order valence-corrected chi connectivity index (χ0v) is 35.0. The summed E-state index contributed by atoms with van der Waals surface area (Å²) in [4.78, 5) is 76.9. The molecule has 0 aliphatic carbocycles. The molecule has 2 saturated heterocycles. The fourth-order valence-electron chi connectivity index (χ4n) is 8.61. The van der Waals surface area contributed by atoms with E-state index in [0.717, 1.165) is 58.0 Å². The summed E-state index contributed by atoms with van der Waals surface area (Å²) in [6.45, 7) is 8.60. The fraction of sp³-hybridized carbons (Fsp3) is 0.422. The number of aromatic amines is 1. The molecule has 4 heterocycles. The molecule has 59 heavy (non-hydrogen) atoms. The Morgan fingerprint density at radius 2 is 1.29 bits per heavy atom. The molecular formula is C45H51ClN6O7. The van der Waals surface area contributed by atoms with Gasteiger partial charge < -0.3 is 34.9 Å². The predicted octanol–water partition coefficient (Wildman–Crippen LogP) is 7.60. The van der Waals surface area contributed by atoms with Crippen LogP contribution in [0.3, 0.4) is 0 Å². The number of hydrogen-bond acceptors (Lipinski definition) is 8. The van der Waals surface area contributed by atoms with Crippen LogP contribution in [-0.4, -0.2) is 89.9 Å². The second kappa shape index (κ2) is 17.3. The molecular weight excluding hydrogens is 772 g/mol. The standard InChI is InChI=1S/C45H51ClN6O7/c1-24(2)38(49-44(56)58-5)42(54)51-17-7-9-35(51)34-22-31(23-47-34)29-14-13-26-19-28(12-11-27(26)20-29)30-15-16-32-33(21-30)48-40(37(46)41(32)53)36-10-8-18-52(36)43(55)39(25(3)4)50-45(57)59-6/h11-16,19-21,23-25,35-36,38-39H,7-10,17-18,22H2,1-6H3,(H,48,53)(H,49,56)(H,50,57)/t35-,36?,38-,39-/m0/s1. The van der Waals surface area contributed by atoms with E-state index in [4.69, 9.17) is 26.1 Å². The Labute approximate surface area is 348 Å². The molecule has 4 atom stereocenters. The second-order valence-corrected chi connectivity index (χ2v) is 16.6. The molecule has 3 aromatic carbocycles. The Balaban J connectivity index is 1.09. The molecule has 310 valence electrons. The number of ether oxygens (including phenoxy) is 2. The van der Waals surface area contributed by atoms with Crippen LogP contribution in [0, 0.1) is 11.8 Å². The number of allylic oxidation sites excluding steroid dienone is 1. The van der Waals surface area contributed by atoms with Crippen LogP contribution in [0.25, 0.3) is 38.4 Å². The molecule has 4 amide bonds. The van der Waals surface area contributed by atoms with E-state index in [1.54, 1.807) is 11.0 Å². The minimum Gasteiger partial charge on any atom is -0.453 e. The number of aromatic nitrogens is 1. The molecule has 0 bridgehead atoms. The molecule has 1 unspecified atom stereocenters. The largest absolute Gasteiger partial charge is 0.453 e. The summed E-state index contributed by atoms with van der Waals surface area (Å²) in [5.74, 6) is -0.673. The van der Waals surface area contributed by atoms with Crippen molar-refractivity contribution in [2.24, 2.45) is 16.8 Å². The van der Waals surface area contributed by atoms with Crippen molar-refractivity contribution in [1.82, 2.24) is 25.4 Å². The van der Waals surface area contributed by atoms with E-state index in [9.17, 15) is 24.0 Å². The summed E-state index contributed by atoms with van der Waals surface area (Å²) in [5, 5.41) is 7.98. The number of nitrogens with one attached hydrogen (secondary N) is 3. The van der Waals surface area contributed by atoms with E-state index in [-0.39, 0.29) is 40.1 Å². The number of alkyl carbamates (subject to hydrolysis) is 2. The van der Waals surface area contributed by atoms with Gasteiger partial charge in [0.2, 0.25) is 17.2 Å². The van der Waals surface area contributed by atoms with Crippen molar-refractivity contribution >= 4 is 68.6 Å². The number of carbonyl (C=O) groups is 4. The summed E-state index contributed by atoms with van der Waals surface area (Å²) in [6.07, 6.45) is 4.24. The first kappa shape index (κ1) is 41.5. The minimum atomic E-state index is -0.799. The van der Waals surface area contributed by atoms with Crippen LogP contribution in [0.2, 0.25) is 5.02 Å². The van der Waals surface area contributed by atoms with Crippen LogP contribution < -0.4 is 16.1 Å². The number of fused-ring (bicyclic) bond motifs is 2. The Hall–Kier alpha value is -5.69. The molecule has 0 saturated carbocycles. The quantitative estimate of drug-likeness (QED) is 0.148. The van der Waals surface area contributed by atoms with Gasteiger partial charge in [-0.15, -0.1) is 0 Å². The van der Waals surface area contributed by atoms with Gasteiger partial charge in [0.15, 0.2) is 0 Å². The van der Waals surface area contributed by atoms with E-state index < -0.39 is 30.3 Å². The molecule has 3 N–H and O–H groups in total. The highest BCUT2D eigenvalue weighted by Gasteiger charge is 2.40. The van der Waals surface area contributed by atoms with E-state index in [2.05, 4.69) is 52.0 Å². The van der Waals surface area contributed by atoms with Crippen LogP contribution in [0.1, 0.15) is 77.1 Å². The molecule has 4 aromatic rings. The van der Waals surface area contributed by atoms with E-state index in [1.807, 2.05) is 50.9 Å². The molecule has 1 aromatic heterocycles. The third kappa shape index (κ3) is 8.30. The van der Waals surface area contributed by atoms with Crippen LogP contribution in [0.4, 0.5) is 9.59 Å². The number of benzene rings is 3. The number of H-pyrrole nitrogens is 1. The van der Waals surface area contributed by atoms with Crippen LogP contribution >= 0.6 is 11.6 Å². The maximum absolute atomic E-state index is 13.8. The van der Waals surface area contributed by atoms with Gasteiger partial charge in [0.1, 0.15) is 17.1 Å². The van der Waals surface area contributed by atoms with Gasteiger partial charge in [-0.3, -0.25) is 19.4 Å². The third-order valence-electron chi connectivity index (χ3n) is 11.8. The number of nitrogens with zero attached hydrogens (tertiary/aromatic N) is 3. The Morgan fingerprint density at radius 1 is 0.763 bits per heavy atom. The molecule has 2 fully saturated rings. The number of aliphatic imine (C=N–C) groups is 1. The first-order valence-electron chi connectivity index (χ1n) is 20.2. The number of carbonyl (C=O) groups excluding carboxylic acids is 4. The number of hydrogen-bond donors (Lipinski definition) is 3.